The van der Waals surface area contributed by atoms with Crippen LogP contribution < -0.4 is 15.0 Å². The van der Waals surface area contributed by atoms with Gasteiger partial charge >= 0.3 is 0 Å². The number of amides is 1. The molecule has 2 aromatic carbocycles. The van der Waals surface area contributed by atoms with E-state index in [1.54, 1.807) is 24.1 Å². The number of likely N-dealkylation sites (N-methyl/N-ethyl adjacent to an activating group) is 2. The van der Waals surface area contributed by atoms with Gasteiger partial charge in [-0.2, -0.15) is 0 Å². The Bertz CT molecular complexity index is 960. The van der Waals surface area contributed by atoms with Crippen LogP contribution in [0.4, 0.5) is 17.1 Å². The van der Waals surface area contributed by atoms with Gasteiger partial charge in [-0.3, -0.25) is 14.9 Å². The lowest BCUT2D eigenvalue weighted by molar-refractivity contribution is -0.384. The zero-order valence-electron chi connectivity index (χ0n) is 17.2. The number of nitro benzene ring substituents is 1. The second kappa shape index (κ2) is 8.22. The van der Waals surface area contributed by atoms with Crippen LogP contribution in [0.5, 0.6) is 5.75 Å². The van der Waals surface area contributed by atoms with Crippen LogP contribution >= 0.6 is 0 Å². The van der Waals surface area contributed by atoms with Crippen molar-refractivity contribution in [3.63, 3.8) is 0 Å². The van der Waals surface area contributed by atoms with Crippen molar-refractivity contribution in [3.8, 4) is 5.75 Å². The Morgan fingerprint density at radius 2 is 2.07 bits per heavy atom. The van der Waals surface area contributed by atoms with E-state index < -0.39 is 4.92 Å². The smallest absolute Gasteiger partial charge is 0.293 e. The van der Waals surface area contributed by atoms with Crippen molar-refractivity contribution >= 4 is 23.0 Å². The number of para-hydroxylation sites is 2. The number of carbonyl (C=O) groups is 1. The molecule has 1 aliphatic heterocycles. The first-order chi connectivity index (χ1) is 14.5. The lowest BCUT2D eigenvalue weighted by Gasteiger charge is -2.37. The van der Waals surface area contributed by atoms with E-state index in [2.05, 4.69) is 17.1 Å². The standard InChI is InChI=1S/C22H26N4O4/c1-3-25-14-17(30-21-7-5-4-6-19(21)25)13-24(2)22(27)15-8-11-18(23-16-9-10-16)20(12-15)26(28)29/h4-8,11-12,16-17,23H,3,9-10,13-14H2,1-2H3/t17-/m1/s1. The molecule has 2 aliphatic rings. The van der Waals surface area contributed by atoms with E-state index >= 15 is 0 Å². The van der Waals surface area contributed by atoms with E-state index in [-0.39, 0.29) is 17.7 Å². The Kier molecular flexibility index (Phi) is 5.48. The van der Waals surface area contributed by atoms with Gasteiger partial charge in [-0.1, -0.05) is 12.1 Å². The van der Waals surface area contributed by atoms with E-state index in [0.717, 1.165) is 30.8 Å². The van der Waals surface area contributed by atoms with Gasteiger partial charge in [0.2, 0.25) is 0 Å². The summed E-state index contributed by atoms with van der Waals surface area (Å²) in [6.45, 7) is 4.00. The van der Waals surface area contributed by atoms with Crippen molar-refractivity contribution in [3.05, 3.63) is 58.1 Å². The van der Waals surface area contributed by atoms with Crippen molar-refractivity contribution in [2.24, 2.45) is 0 Å². The van der Waals surface area contributed by atoms with E-state index in [1.165, 1.54) is 6.07 Å². The first-order valence-electron chi connectivity index (χ1n) is 10.3. The average Bonchev–Trinajstić information content (AvgIpc) is 3.56. The molecule has 8 heteroatoms. The largest absolute Gasteiger partial charge is 0.485 e. The van der Waals surface area contributed by atoms with Crippen molar-refractivity contribution in [2.45, 2.75) is 31.9 Å². The molecular weight excluding hydrogens is 384 g/mol. The number of nitrogens with zero attached hydrogens (tertiary/aromatic N) is 3. The highest BCUT2D eigenvalue weighted by Crippen LogP contribution is 2.34. The van der Waals surface area contributed by atoms with Crippen LogP contribution in [0.15, 0.2) is 42.5 Å². The molecule has 158 valence electrons. The van der Waals surface area contributed by atoms with Crippen LogP contribution in [0.3, 0.4) is 0 Å². The summed E-state index contributed by atoms with van der Waals surface area (Å²) in [5.41, 5.74) is 1.75. The number of carbonyl (C=O) groups excluding carboxylic acids is 1. The molecule has 1 fully saturated rings. The van der Waals surface area contributed by atoms with Crippen LogP contribution in [0.1, 0.15) is 30.1 Å². The molecule has 0 unspecified atom stereocenters. The Hall–Kier alpha value is -3.29. The minimum atomic E-state index is -0.443. The van der Waals surface area contributed by atoms with Crippen LogP contribution in [0.2, 0.25) is 0 Å². The number of nitro groups is 1. The fraction of sp³-hybridized carbons (Fsp3) is 0.409. The third-order valence-corrected chi connectivity index (χ3v) is 5.51. The third-order valence-electron chi connectivity index (χ3n) is 5.51. The number of hydrogen-bond donors (Lipinski definition) is 1. The summed E-state index contributed by atoms with van der Waals surface area (Å²) in [4.78, 5) is 27.8. The van der Waals surface area contributed by atoms with Gasteiger partial charge in [0, 0.05) is 31.3 Å². The molecule has 1 saturated carbocycles. The van der Waals surface area contributed by atoms with E-state index in [1.807, 2.05) is 24.3 Å². The molecule has 0 radical (unpaired) electrons. The predicted octanol–water partition coefficient (Wildman–Crippen LogP) is 3.53. The molecule has 2 aromatic rings. The first kappa shape index (κ1) is 20.0. The fourth-order valence-corrected chi connectivity index (χ4v) is 3.77. The molecule has 30 heavy (non-hydrogen) atoms. The molecule has 1 N–H and O–H groups in total. The summed E-state index contributed by atoms with van der Waals surface area (Å²) in [5.74, 6) is 0.546. The number of benzene rings is 2. The van der Waals surface area contributed by atoms with Crippen LogP contribution in [0.25, 0.3) is 0 Å². The summed E-state index contributed by atoms with van der Waals surface area (Å²) >= 11 is 0. The summed E-state index contributed by atoms with van der Waals surface area (Å²) < 4.78 is 6.10. The van der Waals surface area contributed by atoms with Crippen LogP contribution in [0, 0.1) is 10.1 Å². The molecule has 4 rings (SSSR count). The Morgan fingerprint density at radius 1 is 1.30 bits per heavy atom. The van der Waals surface area contributed by atoms with Gasteiger partial charge in [0.05, 0.1) is 23.7 Å². The normalized spacial score (nSPS) is 17.7. The van der Waals surface area contributed by atoms with Crippen molar-refractivity contribution in [1.82, 2.24) is 4.90 Å². The third kappa shape index (κ3) is 4.17. The van der Waals surface area contributed by atoms with Gasteiger partial charge in [-0.05, 0) is 44.0 Å². The van der Waals surface area contributed by atoms with E-state index in [0.29, 0.717) is 30.4 Å². The molecule has 0 spiro atoms. The molecule has 0 saturated heterocycles. The Labute approximate surface area is 175 Å². The monoisotopic (exact) mass is 410 g/mol. The minimum absolute atomic E-state index is 0.0684. The van der Waals surface area contributed by atoms with Gasteiger partial charge in [-0.15, -0.1) is 0 Å². The molecule has 1 aliphatic carbocycles. The summed E-state index contributed by atoms with van der Waals surface area (Å²) in [6.07, 6.45) is 1.85. The Morgan fingerprint density at radius 3 is 2.77 bits per heavy atom. The number of ether oxygens (including phenoxy) is 1. The van der Waals surface area contributed by atoms with Gasteiger partial charge in [0.25, 0.3) is 11.6 Å². The number of fused-ring (bicyclic) bond motifs is 1. The molecule has 1 heterocycles. The number of hydrogen-bond acceptors (Lipinski definition) is 6. The summed E-state index contributed by atoms with van der Waals surface area (Å²) in [6, 6.07) is 12.8. The second-order valence-corrected chi connectivity index (χ2v) is 7.84. The molecular formula is C22H26N4O4. The minimum Gasteiger partial charge on any atom is -0.485 e. The maximum atomic E-state index is 12.9. The average molecular weight is 410 g/mol. The predicted molar refractivity (Wildman–Crippen MR) is 115 cm³/mol. The Balaban J connectivity index is 1.47. The van der Waals surface area contributed by atoms with E-state index in [9.17, 15) is 14.9 Å². The zero-order valence-corrected chi connectivity index (χ0v) is 17.2. The van der Waals surface area contributed by atoms with Gasteiger partial charge in [0.15, 0.2) is 0 Å². The molecule has 1 atom stereocenters. The summed E-state index contributed by atoms with van der Waals surface area (Å²) in [7, 11) is 1.70. The second-order valence-electron chi connectivity index (χ2n) is 7.84. The number of nitrogens with one attached hydrogen (secondary N) is 1. The molecule has 8 nitrogen and oxygen atoms in total. The van der Waals surface area contributed by atoms with Crippen LogP contribution in [-0.2, 0) is 0 Å². The zero-order chi connectivity index (χ0) is 21.3. The lowest BCUT2D eigenvalue weighted by Crippen LogP contribution is -2.46. The topological polar surface area (TPSA) is 88.0 Å². The van der Waals surface area contributed by atoms with E-state index in [4.69, 9.17) is 4.74 Å². The quantitative estimate of drug-likeness (QED) is 0.555. The van der Waals surface area contributed by atoms with Gasteiger partial charge in [-0.25, -0.2) is 0 Å². The van der Waals surface area contributed by atoms with Crippen LogP contribution in [-0.4, -0.2) is 54.6 Å². The molecule has 0 aromatic heterocycles. The SMILES string of the molecule is CCN1C[C@@H](CN(C)C(=O)c2ccc(NC3CC3)c([N+](=O)[O-])c2)Oc2ccccc21. The lowest BCUT2D eigenvalue weighted by atomic mass is 10.1. The number of anilines is 2. The van der Waals surface area contributed by atoms with Crippen molar-refractivity contribution < 1.29 is 14.5 Å². The maximum Gasteiger partial charge on any atom is 0.293 e. The maximum absolute atomic E-state index is 12.9. The highest BCUT2D eigenvalue weighted by molar-refractivity contribution is 5.95. The van der Waals surface area contributed by atoms with Crippen molar-refractivity contribution in [2.75, 3.05) is 36.9 Å². The van der Waals surface area contributed by atoms with Crippen molar-refractivity contribution in [1.29, 1.82) is 0 Å². The first-order valence-corrected chi connectivity index (χ1v) is 10.3. The highest BCUT2D eigenvalue weighted by atomic mass is 16.6. The molecule has 1 amide bonds. The van der Waals surface area contributed by atoms with Gasteiger partial charge in [0.1, 0.15) is 17.5 Å². The fourth-order valence-electron chi connectivity index (χ4n) is 3.77. The molecule has 0 bridgehead atoms. The highest BCUT2D eigenvalue weighted by Gasteiger charge is 2.29. The number of rotatable bonds is 7. The van der Waals surface area contributed by atoms with Gasteiger partial charge < -0.3 is 19.9 Å². The summed E-state index contributed by atoms with van der Waals surface area (Å²) in [5, 5.41) is 14.6.